The van der Waals surface area contributed by atoms with Crippen LogP contribution in [0.3, 0.4) is 0 Å². The summed E-state index contributed by atoms with van der Waals surface area (Å²) in [6.45, 7) is 0. The minimum absolute atomic E-state index is 0.337. The van der Waals surface area contributed by atoms with Gasteiger partial charge < -0.3 is 0 Å². The Kier molecular flexibility index (Phi) is 5.11. The molecule has 0 aliphatic heterocycles. The van der Waals surface area contributed by atoms with E-state index in [4.69, 9.17) is 34.8 Å². The van der Waals surface area contributed by atoms with E-state index in [-0.39, 0.29) is 11.6 Å². The van der Waals surface area contributed by atoms with Crippen molar-refractivity contribution in [3.05, 3.63) is 93.4 Å². The minimum Gasteiger partial charge on any atom is -0.229 e. The van der Waals surface area contributed by atoms with E-state index in [1.54, 1.807) is 47.1 Å². The molecule has 4 aromatic rings. The Morgan fingerprint density at radius 1 is 0.714 bits per heavy atom. The third kappa shape index (κ3) is 3.51. The molecule has 0 amide bonds. The smallest absolute Gasteiger partial charge is 0.123 e. The molecule has 7 heteroatoms. The molecule has 1 heterocycles. The van der Waals surface area contributed by atoms with Gasteiger partial charge in [0.15, 0.2) is 0 Å². The number of nitrogens with zero attached hydrogens (tertiary/aromatic N) is 2. The van der Waals surface area contributed by atoms with E-state index < -0.39 is 0 Å². The third-order valence-electron chi connectivity index (χ3n) is 4.20. The summed E-state index contributed by atoms with van der Waals surface area (Å²) in [5, 5.41) is 5.80. The lowest BCUT2D eigenvalue weighted by molar-refractivity contribution is 0.627. The predicted molar refractivity (Wildman–Crippen MR) is 109 cm³/mol. The highest BCUT2D eigenvalue weighted by molar-refractivity contribution is 6.37. The van der Waals surface area contributed by atoms with Gasteiger partial charge in [-0.25, -0.2) is 13.5 Å². The van der Waals surface area contributed by atoms with E-state index in [1.807, 2.05) is 0 Å². The van der Waals surface area contributed by atoms with Gasteiger partial charge in [-0.05, 0) is 66.7 Å². The summed E-state index contributed by atoms with van der Waals surface area (Å²) in [6.07, 6.45) is 0. The first kappa shape index (κ1) is 18.9. The fourth-order valence-corrected chi connectivity index (χ4v) is 3.70. The second-order valence-electron chi connectivity index (χ2n) is 6.03. The fraction of sp³-hybridized carbons (Fsp3) is 0. The van der Waals surface area contributed by atoms with Crippen molar-refractivity contribution in [3.63, 3.8) is 0 Å². The average Bonchev–Trinajstić information content (AvgIpc) is 3.00. The molecular weight excluding hydrogens is 425 g/mol. The molecule has 0 fully saturated rings. The first-order chi connectivity index (χ1) is 13.4. The first-order valence-electron chi connectivity index (χ1n) is 8.20. The zero-order chi connectivity index (χ0) is 19.8. The molecule has 0 N–H and O–H groups in total. The third-order valence-corrected chi connectivity index (χ3v) is 5.10. The predicted octanol–water partition coefficient (Wildman–Crippen LogP) is 7.44. The van der Waals surface area contributed by atoms with Crippen molar-refractivity contribution in [1.82, 2.24) is 9.78 Å². The summed E-state index contributed by atoms with van der Waals surface area (Å²) in [7, 11) is 0. The Bertz CT molecular complexity index is 1150. The summed E-state index contributed by atoms with van der Waals surface area (Å²) in [5.41, 5.74) is 2.83. The van der Waals surface area contributed by atoms with Crippen molar-refractivity contribution in [2.24, 2.45) is 0 Å². The molecule has 1 aromatic heterocycles. The maximum atomic E-state index is 13.4. The highest BCUT2D eigenvalue weighted by Crippen LogP contribution is 2.39. The van der Waals surface area contributed by atoms with Crippen LogP contribution in [0.5, 0.6) is 0 Å². The van der Waals surface area contributed by atoms with Gasteiger partial charge in [0.25, 0.3) is 0 Å². The van der Waals surface area contributed by atoms with Crippen LogP contribution in [0, 0.1) is 11.6 Å². The van der Waals surface area contributed by atoms with Gasteiger partial charge >= 0.3 is 0 Å². The van der Waals surface area contributed by atoms with E-state index in [2.05, 4.69) is 5.10 Å². The van der Waals surface area contributed by atoms with Crippen LogP contribution in [0.1, 0.15) is 0 Å². The molecule has 28 heavy (non-hydrogen) atoms. The van der Waals surface area contributed by atoms with E-state index >= 15 is 0 Å². The number of hydrogen-bond acceptors (Lipinski definition) is 1. The van der Waals surface area contributed by atoms with Gasteiger partial charge in [-0.3, -0.25) is 0 Å². The number of hydrogen-bond donors (Lipinski definition) is 0. The van der Waals surface area contributed by atoms with Crippen LogP contribution in [-0.4, -0.2) is 9.78 Å². The summed E-state index contributed by atoms with van der Waals surface area (Å²) < 4.78 is 28.3. The Balaban J connectivity index is 1.99. The molecule has 4 rings (SSSR count). The average molecular weight is 436 g/mol. The number of rotatable bonds is 3. The van der Waals surface area contributed by atoms with Gasteiger partial charge in [-0.2, -0.15) is 5.10 Å². The largest absolute Gasteiger partial charge is 0.229 e. The van der Waals surface area contributed by atoms with E-state index in [0.29, 0.717) is 43.3 Å². The van der Waals surface area contributed by atoms with Gasteiger partial charge in [-0.1, -0.05) is 34.8 Å². The number of halogens is 5. The lowest BCUT2D eigenvalue weighted by atomic mass is 10.1. The quantitative estimate of drug-likeness (QED) is 0.327. The molecule has 0 aliphatic rings. The van der Waals surface area contributed by atoms with Crippen molar-refractivity contribution in [1.29, 1.82) is 0 Å². The Morgan fingerprint density at radius 2 is 1.29 bits per heavy atom. The van der Waals surface area contributed by atoms with Crippen molar-refractivity contribution in [2.45, 2.75) is 0 Å². The molecule has 0 atom stereocenters. The molecule has 0 saturated heterocycles. The molecule has 0 aliphatic carbocycles. The fourth-order valence-electron chi connectivity index (χ4n) is 2.88. The van der Waals surface area contributed by atoms with Crippen LogP contribution in [0.2, 0.25) is 15.1 Å². The van der Waals surface area contributed by atoms with Crippen LogP contribution in [-0.2, 0) is 0 Å². The van der Waals surface area contributed by atoms with Crippen molar-refractivity contribution >= 4 is 34.8 Å². The molecule has 0 unspecified atom stereocenters. The lowest BCUT2D eigenvalue weighted by Gasteiger charge is -2.10. The van der Waals surface area contributed by atoms with E-state index in [9.17, 15) is 8.78 Å². The molecule has 3 aromatic carbocycles. The SMILES string of the molecule is Fc1ccc(-c2nn(-c3ccc(Cl)cc3Cl)c(-c3ccc(F)cc3)c2Cl)cc1. The normalized spacial score (nSPS) is 11.0. The van der Waals surface area contributed by atoms with Crippen molar-refractivity contribution in [2.75, 3.05) is 0 Å². The summed E-state index contributed by atoms with van der Waals surface area (Å²) in [5.74, 6) is -0.729. The molecular formula is C21H11Cl3F2N2. The van der Waals surface area contributed by atoms with E-state index in [1.165, 1.54) is 24.3 Å². The summed E-state index contributed by atoms with van der Waals surface area (Å²) in [4.78, 5) is 0. The molecule has 140 valence electrons. The summed E-state index contributed by atoms with van der Waals surface area (Å²) >= 11 is 19.1. The molecule has 0 spiro atoms. The number of aromatic nitrogens is 2. The van der Waals surface area contributed by atoms with Gasteiger partial charge in [0.05, 0.1) is 21.4 Å². The topological polar surface area (TPSA) is 17.8 Å². The molecule has 0 bridgehead atoms. The highest BCUT2D eigenvalue weighted by atomic mass is 35.5. The van der Waals surface area contributed by atoms with Crippen molar-refractivity contribution in [3.8, 4) is 28.2 Å². The van der Waals surface area contributed by atoms with Gasteiger partial charge in [0.2, 0.25) is 0 Å². The van der Waals surface area contributed by atoms with Crippen LogP contribution in [0.15, 0.2) is 66.7 Å². The molecule has 0 radical (unpaired) electrons. The standard InChI is InChI=1S/C21H11Cl3F2N2/c22-14-5-10-18(17(23)11-14)28-21(13-3-8-16(26)9-4-13)19(24)20(27-28)12-1-6-15(25)7-2-12/h1-11H. The van der Waals surface area contributed by atoms with Gasteiger partial charge in [-0.15, -0.1) is 0 Å². The van der Waals surface area contributed by atoms with Crippen LogP contribution in [0.25, 0.3) is 28.2 Å². The minimum atomic E-state index is -0.366. The van der Waals surface area contributed by atoms with Gasteiger partial charge in [0, 0.05) is 16.1 Å². The monoisotopic (exact) mass is 434 g/mol. The first-order valence-corrected chi connectivity index (χ1v) is 9.33. The number of benzene rings is 3. The highest BCUT2D eigenvalue weighted by Gasteiger charge is 2.21. The molecule has 2 nitrogen and oxygen atoms in total. The lowest BCUT2D eigenvalue weighted by Crippen LogP contribution is -2.00. The Hall–Kier alpha value is -2.40. The van der Waals surface area contributed by atoms with Crippen LogP contribution in [0.4, 0.5) is 8.78 Å². The Labute approximate surface area is 174 Å². The molecule has 0 saturated carbocycles. The maximum Gasteiger partial charge on any atom is 0.123 e. The zero-order valence-corrected chi connectivity index (χ0v) is 16.4. The van der Waals surface area contributed by atoms with Crippen LogP contribution < -0.4 is 0 Å². The van der Waals surface area contributed by atoms with E-state index in [0.717, 1.165) is 0 Å². The summed E-state index contributed by atoms with van der Waals surface area (Å²) in [6, 6.07) is 16.7. The second-order valence-corrected chi connectivity index (χ2v) is 7.25. The van der Waals surface area contributed by atoms with Gasteiger partial charge in [0.1, 0.15) is 17.3 Å². The maximum absolute atomic E-state index is 13.4. The zero-order valence-electron chi connectivity index (χ0n) is 14.1. The van der Waals surface area contributed by atoms with Crippen LogP contribution >= 0.6 is 34.8 Å². The Morgan fingerprint density at radius 3 is 1.86 bits per heavy atom. The van der Waals surface area contributed by atoms with Crippen molar-refractivity contribution < 1.29 is 8.78 Å². The second kappa shape index (κ2) is 7.55.